The molecule has 2 aromatic heterocycles. The lowest BCUT2D eigenvalue weighted by atomic mass is 10.1. The first-order valence-electron chi connectivity index (χ1n) is 5.25. The van der Waals surface area contributed by atoms with E-state index in [0.717, 1.165) is 11.1 Å². The predicted molar refractivity (Wildman–Crippen MR) is 61.0 cm³/mol. The van der Waals surface area contributed by atoms with Crippen molar-refractivity contribution in [2.24, 2.45) is 5.73 Å². The highest BCUT2D eigenvalue weighted by molar-refractivity contribution is 5.54. The highest BCUT2D eigenvalue weighted by Crippen LogP contribution is 2.19. The minimum absolute atomic E-state index is 0.212. The first-order chi connectivity index (χ1) is 8.11. The van der Waals surface area contributed by atoms with Crippen LogP contribution < -0.4 is 5.73 Å². The van der Waals surface area contributed by atoms with Crippen molar-refractivity contribution < 1.29 is 9.63 Å². The summed E-state index contributed by atoms with van der Waals surface area (Å²) in [4.78, 5) is 8.37. The van der Waals surface area contributed by atoms with Crippen LogP contribution in [-0.4, -0.2) is 26.8 Å². The monoisotopic (exact) mass is 234 g/mol. The summed E-state index contributed by atoms with van der Waals surface area (Å²) in [5, 5.41) is 12.7. The van der Waals surface area contributed by atoms with Crippen LogP contribution in [-0.2, 0) is 0 Å². The maximum absolute atomic E-state index is 8.89. The van der Waals surface area contributed by atoms with Gasteiger partial charge in [-0.15, -0.1) is 0 Å². The fraction of sp³-hybridized carbons (Fsp3) is 0.364. The van der Waals surface area contributed by atoms with Crippen molar-refractivity contribution in [1.82, 2.24) is 15.1 Å². The topological polar surface area (TPSA) is 98.1 Å². The van der Waals surface area contributed by atoms with E-state index in [1.54, 1.807) is 6.20 Å². The van der Waals surface area contributed by atoms with Gasteiger partial charge in [0.2, 0.25) is 11.7 Å². The number of hydrogen-bond acceptors (Lipinski definition) is 6. The molecule has 6 heteroatoms. The SMILES string of the molecule is Cc1cnc(-c2noc(C(N)CO)n2)c(C)c1. The molecule has 3 N–H and O–H groups in total. The zero-order chi connectivity index (χ0) is 12.4. The van der Waals surface area contributed by atoms with Gasteiger partial charge in [-0.25, -0.2) is 0 Å². The van der Waals surface area contributed by atoms with Gasteiger partial charge in [-0.2, -0.15) is 4.98 Å². The maximum Gasteiger partial charge on any atom is 0.246 e. The molecule has 0 aliphatic carbocycles. The van der Waals surface area contributed by atoms with Crippen LogP contribution in [0, 0.1) is 13.8 Å². The third kappa shape index (κ3) is 2.32. The van der Waals surface area contributed by atoms with E-state index in [2.05, 4.69) is 15.1 Å². The van der Waals surface area contributed by atoms with Gasteiger partial charge in [0.15, 0.2) is 0 Å². The van der Waals surface area contributed by atoms with Gasteiger partial charge in [-0.1, -0.05) is 11.2 Å². The molecule has 0 bridgehead atoms. The number of pyridine rings is 1. The van der Waals surface area contributed by atoms with Crippen molar-refractivity contribution in [3.05, 3.63) is 29.3 Å². The number of aromatic nitrogens is 3. The molecule has 6 nitrogen and oxygen atoms in total. The van der Waals surface area contributed by atoms with E-state index in [1.165, 1.54) is 0 Å². The number of nitrogens with zero attached hydrogens (tertiary/aromatic N) is 3. The molecule has 0 radical (unpaired) electrons. The molecule has 0 saturated heterocycles. The number of rotatable bonds is 3. The molecule has 0 aromatic carbocycles. The predicted octanol–water partition coefficient (Wildman–Crippen LogP) is 0.741. The van der Waals surface area contributed by atoms with Gasteiger partial charge in [0.05, 0.1) is 6.61 Å². The Bertz CT molecular complexity index is 524. The average molecular weight is 234 g/mol. The van der Waals surface area contributed by atoms with Crippen molar-refractivity contribution in [2.45, 2.75) is 19.9 Å². The number of aliphatic hydroxyl groups is 1. The summed E-state index contributed by atoms with van der Waals surface area (Å²) in [6.07, 6.45) is 1.74. The van der Waals surface area contributed by atoms with Gasteiger partial charge in [0, 0.05) is 6.20 Å². The van der Waals surface area contributed by atoms with Crippen LogP contribution in [0.25, 0.3) is 11.5 Å². The third-order valence-corrected chi connectivity index (χ3v) is 2.38. The quantitative estimate of drug-likeness (QED) is 0.812. The Hall–Kier alpha value is -1.79. The zero-order valence-electron chi connectivity index (χ0n) is 9.71. The largest absolute Gasteiger partial charge is 0.394 e. The van der Waals surface area contributed by atoms with Crippen LogP contribution in [0.3, 0.4) is 0 Å². The van der Waals surface area contributed by atoms with Crippen LogP contribution in [0.15, 0.2) is 16.8 Å². The normalized spacial score (nSPS) is 12.7. The third-order valence-electron chi connectivity index (χ3n) is 2.38. The number of aliphatic hydroxyl groups excluding tert-OH is 1. The molecule has 2 aromatic rings. The minimum Gasteiger partial charge on any atom is -0.394 e. The van der Waals surface area contributed by atoms with Crippen LogP contribution >= 0.6 is 0 Å². The summed E-state index contributed by atoms with van der Waals surface area (Å²) in [6, 6.07) is 1.34. The van der Waals surface area contributed by atoms with Crippen molar-refractivity contribution in [3.63, 3.8) is 0 Å². The Morgan fingerprint density at radius 3 is 2.88 bits per heavy atom. The second-order valence-electron chi connectivity index (χ2n) is 3.92. The minimum atomic E-state index is -0.651. The Morgan fingerprint density at radius 1 is 1.47 bits per heavy atom. The molecule has 90 valence electrons. The lowest BCUT2D eigenvalue weighted by Crippen LogP contribution is -2.14. The highest BCUT2D eigenvalue weighted by atomic mass is 16.5. The van der Waals surface area contributed by atoms with E-state index in [9.17, 15) is 0 Å². The first-order valence-corrected chi connectivity index (χ1v) is 5.25. The molecule has 2 rings (SSSR count). The summed E-state index contributed by atoms with van der Waals surface area (Å²) >= 11 is 0. The van der Waals surface area contributed by atoms with Crippen LogP contribution in [0.1, 0.15) is 23.1 Å². The van der Waals surface area contributed by atoms with Gasteiger partial charge in [-0.05, 0) is 25.0 Å². The molecular formula is C11H14N4O2. The fourth-order valence-electron chi connectivity index (χ4n) is 1.51. The zero-order valence-corrected chi connectivity index (χ0v) is 9.71. The number of nitrogens with two attached hydrogens (primary N) is 1. The van der Waals surface area contributed by atoms with Gasteiger partial charge >= 0.3 is 0 Å². The van der Waals surface area contributed by atoms with Crippen LogP contribution in [0.2, 0.25) is 0 Å². The molecule has 0 amide bonds. The second-order valence-corrected chi connectivity index (χ2v) is 3.92. The van der Waals surface area contributed by atoms with E-state index in [4.69, 9.17) is 15.4 Å². The molecule has 0 aliphatic heterocycles. The Kier molecular flexibility index (Phi) is 3.16. The van der Waals surface area contributed by atoms with Crippen molar-refractivity contribution in [1.29, 1.82) is 0 Å². The van der Waals surface area contributed by atoms with E-state index in [1.807, 2.05) is 19.9 Å². The van der Waals surface area contributed by atoms with Crippen molar-refractivity contribution in [2.75, 3.05) is 6.61 Å². The van der Waals surface area contributed by atoms with Gasteiger partial charge in [0.25, 0.3) is 0 Å². The van der Waals surface area contributed by atoms with Gasteiger partial charge < -0.3 is 15.4 Å². The number of aryl methyl sites for hydroxylation is 2. The number of hydrogen-bond donors (Lipinski definition) is 2. The molecule has 17 heavy (non-hydrogen) atoms. The smallest absolute Gasteiger partial charge is 0.246 e. The van der Waals surface area contributed by atoms with Crippen molar-refractivity contribution >= 4 is 0 Å². The van der Waals surface area contributed by atoms with Gasteiger partial charge in [0.1, 0.15) is 11.7 Å². The molecule has 0 spiro atoms. The average Bonchev–Trinajstić information content (AvgIpc) is 2.77. The molecule has 1 atom stereocenters. The van der Waals surface area contributed by atoms with E-state index >= 15 is 0 Å². The van der Waals surface area contributed by atoms with E-state index in [0.29, 0.717) is 11.5 Å². The molecular weight excluding hydrogens is 220 g/mol. The molecule has 0 fully saturated rings. The summed E-state index contributed by atoms with van der Waals surface area (Å²) in [5.41, 5.74) is 8.28. The summed E-state index contributed by atoms with van der Waals surface area (Å²) in [5.74, 6) is 0.602. The fourth-order valence-corrected chi connectivity index (χ4v) is 1.51. The first kappa shape index (κ1) is 11.7. The standard InChI is InChI=1S/C11H14N4O2/c1-6-3-7(2)9(13-4-6)10-14-11(17-15-10)8(12)5-16/h3-4,8,16H,5,12H2,1-2H3. The Balaban J connectivity index is 2.37. The van der Waals surface area contributed by atoms with Crippen molar-refractivity contribution in [3.8, 4) is 11.5 Å². The molecule has 0 saturated carbocycles. The second kappa shape index (κ2) is 4.60. The lowest BCUT2D eigenvalue weighted by molar-refractivity contribution is 0.237. The van der Waals surface area contributed by atoms with E-state index < -0.39 is 6.04 Å². The maximum atomic E-state index is 8.89. The lowest BCUT2D eigenvalue weighted by Gasteiger charge is -2.01. The molecule has 0 aliphatic rings. The summed E-state index contributed by atoms with van der Waals surface area (Å²) < 4.78 is 4.97. The van der Waals surface area contributed by atoms with E-state index in [-0.39, 0.29) is 12.5 Å². The van der Waals surface area contributed by atoms with Gasteiger partial charge in [-0.3, -0.25) is 4.98 Å². The Labute approximate surface area is 98.5 Å². The highest BCUT2D eigenvalue weighted by Gasteiger charge is 2.16. The molecule has 2 heterocycles. The van der Waals surface area contributed by atoms with Crippen LogP contribution in [0.4, 0.5) is 0 Å². The Morgan fingerprint density at radius 2 is 2.24 bits per heavy atom. The summed E-state index contributed by atoms with van der Waals surface area (Å²) in [7, 11) is 0. The summed E-state index contributed by atoms with van der Waals surface area (Å²) in [6.45, 7) is 3.66. The van der Waals surface area contributed by atoms with Crippen LogP contribution in [0.5, 0.6) is 0 Å². The molecule has 1 unspecified atom stereocenters.